The predicted octanol–water partition coefficient (Wildman–Crippen LogP) is 6.11. The Hall–Kier alpha value is -3.00. The number of halogens is 2. The number of carbonyl (C=O) groups excluding carboxylic acids is 1. The molecule has 0 radical (unpaired) electrons. The number of aryl methyl sites for hydroxylation is 1. The number of hydrogen-bond acceptors (Lipinski definition) is 3. The van der Waals surface area contributed by atoms with Gasteiger partial charge in [-0.25, -0.2) is 0 Å². The van der Waals surface area contributed by atoms with E-state index in [1.54, 1.807) is 42.5 Å². The number of carbonyl (C=O) groups is 1. The van der Waals surface area contributed by atoms with Crippen molar-refractivity contribution in [3.63, 3.8) is 0 Å². The van der Waals surface area contributed by atoms with Crippen LogP contribution in [0.1, 0.15) is 11.3 Å². The number of furan rings is 1. The first-order chi connectivity index (χ1) is 13.0. The molecular weight excluding hydrogens is 383 g/mol. The normalized spacial score (nSPS) is 11.1. The Morgan fingerprint density at radius 1 is 1.11 bits per heavy atom. The zero-order valence-corrected chi connectivity index (χ0v) is 15.8. The first kappa shape index (κ1) is 18.8. The molecule has 0 saturated heterocycles. The third-order valence-electron chi connectivity index (χ3n) is 3.84. The van der Waals surface area contributed by atoms with E-state index in [4.69, 9.17) is 27.6 Å². The summed E-state index contributed by atoms with van der Waals surface area (Å²) in [6, 6.07) is 17.7. The van der Waals surface area contributed by atoms with Crippen molar-refractivity contribution in [1.82, 2.24) is 0 Å². The highest BCUT2D eigenvalue weighted by molar-refractivity contribution is 6.31. The summed E-state index contributed by atoms with van der Waals surface area (Å²) in [5.41, 5.74) is 2.18. The highest BCUT2D eigenvalue weighted by atomic mass is 35.5. The van der Waals surface area contributed by atoms with Crippen LogP contribution in [0.4, 0.5) is 5.69 Å². The topological polar surface area (TPSA) is 66.0 Å². The maximum atomic E-state index is 12.4. The lowest BCUT2D eigenvalue weighted by molar-refractivity contribution is -0.112. The van der Waals surface area contributed by atoms with E-state index in [9.17, 15) is 10.1 Å². The third kappa shape index (κ3) is 4.59. The minimum absolute atomic E-state index is 0.0799. The van der Waals surface area contributed by atoms with Crippen molar-refractivity contribution in [2.24, 2.45) is 0 Å². The number of nitrogens with one attached hydrogen (secondary N) is 1. The van der Waals surface area contributed by atoms with Gasteiger partial charge in [-0.3, -0.25) is 4.79 Å². The average molecular weight is 397 g/mol. The van der Waals surface area contributed by atoms with Crippen molar-refractivity contribution in [2.75, 3.05) is 5.32 Å². The maximum Gasteiger partial charge on any atom is 0.266 e. The predicted molar refractivity (Wildman–Crippen MR) is 108 cm³/mol. The molecule has 1 heterocycles. The maximum absolute atomic E-state index is 12.4. The molecule has 27 heavy (non-hydrogen) atoms. The van der Waals surface area contributed by atoms with E-state index >= 15 is 0 Å². The molecule has 0 aliphatic rings. The Morgan fingerprint density at radius 3 is 2.52 bits per heavy atom. The summed E-state index contributed by atoms with van der Waals surface area (Å²) in [6.07, 6.45) is 1.39. The van der Waals surface area contributed by atoms with Gasteiger partial charge in [0.1, 0.15) is 23.2 Å². The monoisotopic (exact) mass is 396 g/mol. The van der Waals surface area contributed by atoms with Crippen LogP contribution in [0.2, 0.25) is 10.0 Å². The fraction of sp³-hybridized carbons (Fsp3) is 0.0476. The van der Waals surface area contributed by atoms with E-state index in [0.717, 1.165) is 11.1 Å². The standard InChI is InChI=1S/C21H14Cl2N2O2/c1-13-2-7-17(11-19(13)23)25-21(26)15(12-24)10-18-8-9-20(27-18)14-3-5-16(22)6-4-14/h2-11H,1H3,(H,25,26)/b15-10-. The fourth-order valence-corrected chi connectivity index (χ4v) is 2.67. The Bertz CT molecular complexity index is 1060. The van der Waals surface area contributed by atoms with Gasteiger partial charge in [-0.15, -0.1) is 0 Å². The molecule has 0 bridgehead atoms. The lowest BCUT2D eigenvalue weighted by Gasteiger charge is -2.06. The molecule has 6 heteroatoms. The van der Waals surface area contributed by atoms with E-state index in [-0.39, 0.29) is 5.57 Å². The van der Waals surface area contributed by atoms with Crippen molar-refractivity contribution in [3.05, 3.63) is 81.5 Å². The minimum atomic E-state index is -0.540. The lowest BCUT2D eigenvalue weighted by atomic mass is 10.2. The van der Waals surface area contributed by atoms with Gasteiger partial charge >= 0.3 is 0 Å². The van der Waals surface area contributed by atoms with Crippen molar-refractivity contribution < 1.29 is 9.21 Å². The van der Waals surface area contributed by atoms with Gasteiger partial charge < -0.3 is 9.73 Å². The molecular formula is C21H14Cl2N2O2. The summed E-state index contributed by atoms with van der Waals surface area (Å²) in [4.78, 5) is 12.4. The number of amides is 1. The highest BCUT2D eigenvalue weighted by Crippen LogP contribution is 2.25. The average Bonchev–Trinajstić information content (AvgIpc) is 3.12. The van der Waals surface area contributed by atoms with E-state index in [0.29, 0.717) is 27.3 Å². The largest absolute Gasteiger partial charge is 0.457 e. The number of nitriles is 1. The van der Waals surface area contributed by atoms with E-state index < -0.39 is 5.91 Å². The van der Waals surface area contributed by atoms with Gasteiger partial charge in [-0.05, 0) is 61.0 Å². The molecule has 0 saturated carbocycles. The zero-order chi connectivity index (χ0) is 19.4. The van der Waals surface area contributed by atoms with Crippen LogP contribution < -0.4 is 5.32 Å². The van der Waals surface area contributed by atoms with Crippen LogP contribution >= 0.6 is 23.2 Å². The van der Waals surface area contributed by atoms with Gasteiger partial charge in [-0.2, -0.15) is 5.26 Å². The van der Waals surface area contributed by atoms with Gasteiger partial charge in [0.05, 0.1) is 0 Å². The summed E-state index contributed by atoms with van der Waals surface area (Å²) in [7, 11) is 0. The van der Waals surface area contributed by atoms with Gasteiger partial charge in [0.25, 0.3) is 5.91 Å². The molecule has 0 fully saturated rings. The van der Waals surface area contributed by atoms with Gasteiger partial charge in [-0.1, -0.05) is 29.3 Å². The molecule has 1 amide bonds. The molecule has 0 aliphatic carbocycles. The molecule has 1 N–H and O–H groups in total. The molecule has 0 aliphatic heterocycles. The van der Waals surface area contributed by atoms with Gasteiger partial charge in [0.15, 0.2) is 0 Å². The Kier molecular flexibility index (Phi) is 5.66. The SMILES string of the molecule is Cc1ccc(NC(=O)/C(C#N)=C\c2ccc(-c3ccc(Cl)cc3)o2)cc1Cl. The van der Waals surface area contributed by atoms with E-state index in [1.165, 1.54) is 6.08 Å². The van der Waals surface area contributed by atoms with Gasteiger partial charge in [0, 0.05) is 27.4 Å². The number of rotatable bonds is 4. The van der Waals surface area contributed by atoms with Crippen LogP contribution in [-0.4, -0.2) is 5.91 Å². The number of anilines is 1. The quantitative estimate of drug-likeness (QED) is 0.427. The summed E-state index contributed by atoms with van der Waals surface area (Å²) in [6.45, 7) is 1.86. The molecule has 3 rings (SSSR count). The Morgan fingerprint density at radius 2 is 1.85 bits per heavy atom. The Labute approximate surface area is 166 Å². The Balaban J connectivity index is 1.79. The zero-order valence-electron chi connectivity index (χ0n) is 14.3. The van der Waals surface area contributed by atoms with Crippen LogP contribution in [0.15, 0.2) is 64.6 Å². The second-order valence-electron chi connectivity index (χ2n) is 5.80. The molecule has 0 unspecified atom stereocenters. The van der Waals surface area contributed by atoms with E-state index in [1.807, 2.05) is 25.1 Å². The minimum Gasteiger partial charge on any atom is -0.457 e. The fourth-order valence-electron chi connectivity index (χ4n) is 2.36. The molecule has 3 aromatic rings. The first-order valence-electron chi connectivity index (χ1n) is 8.01. The molecule has 1 aromatic heterocycles. The second-order valence-corrected chi connectivity index (χ2v) is 6.64. The smallest absolute Gasteiger partial charge is 0.266 e. The van der Waals surface area contributed by atoms with Crippen molar-refractivity contribution in [3.8, 4) is 17.4 Å². The first-order valence-corrected chi connectivity index (χ1v) is 8.77. The number of hydrogen-bond donors (Lipinski definition) is 1. The highest BCUT2D eigenvalue weighted by Gasteiger charge is 2.12. The molecule has 2 aromatic carbocycles. The second kappa shape index (κ2) is 8.13. The summed E-state index contributed by atoms with van der Waals surface area (Å²) < 4.78 is 5.71. The van der Waals surface area contributed by atoms with Crippen LogP contribution in [0.3, 0.4) is 0 Å². The van der Waals surface area contributed by atoms with E-state index in [2.05, 4.69) is 5.32 Å². The molecule has 134 valence electrons. The number of nitrogens with zero attached hydrogens (tertiary/aromatic N) is 1. The lowest BCUT2D eigenvalue weighted by Crippen LogP contribution is -2.13. The van der Waals surface area contributed by atoms with Crippen LogP contribution in [0, 0.1) is 18.3 Å². The summed E-state index contributed by atoms with van der Waals surface area (Å²) in [5.74, 6) is 0.469. The molecule has 0 atom stereocenters. The van der Waals surface area contributed by atoms with Gasteiger partial charge in [0.2, 0.25) is 0 Å². The number of benzene rings is 2. The molecule has 0 spiro atoms. The van der Waals surface area contributed by atoms with Crippen LogP contribution in [-0.2, 0) is 4.79 Å². The van der Waals surface area contributed by atoms with Crippen molar-refractivity contribution >= 4 is 40.9 Å². The van der Waals surface area contributed by atoms with Crippen LogP contribution in [0.25, 0.3) is 17.4 Å². The van der Waals surface area contributed by atoms with Crippen LogP contribution in [0.5, 0.6) is 0 Å². The van der Waals surface area contributed by atoms with Crippen molar-refractivity contribution in [2.45, 2.75) is 6.92 Å². The molecule has 4 nitrogen and oxygen atoms in total. The van der Waals surface area contributed by atoms with Crippen molar-refractivity contribution in [1.29, 1.82) is 5.26 Å². The summed E-state index contributed by atoms with van der Waals surface area (Å²) >= 11 is 11.9. The third-order valence-corrected chi connectivity index (χ3v) is 4.50. The summed E-state index contributed by atoms with van der Waals surface area (Å²) in [5, 5.41) is 13.1.